The molecule has 1 N–H and O–H groups in total. The second-order valence-electron chi connectivity index (χ2n) is 5.36. The molecule has 2 heteroatoms. The van der Waals surface area contributed by atoms with Gasteiger partial charge < -0.3 is 10.1 Å². The molecule has 0 aliphatic heterocycles. The highest BCUT2D eigenvalue weighted by atomic mass is 16.5. The maximum absolute atomic E-state index is 5.03. The van der Waals surface area contributed by atoms with Gasteiger partial charge in [-0.3, -0.25) is 0 Å². The fraction of sp³-hybridized carbons (Fsp3) is 1.00. The van der Waals surface area contributed by atoms with E-state index >= 15 is 0 Å². The summed E-state index contributed by atoms with van der Waals surface area (Å²) < 4.78 is 5.03. The van der Waals surface area contributed by atoms with Crippen LogP contribution in [0.15, 0.2) is 0 Å². The first-order valence-electron chi connectivity index (χ1n) is 7.02. The highest BCUT2D eigenvalue weighted by Gasteiger charge is 2.17. The third-order valence-corrected chi connectivity index (χ3v) is 3.82. The molecule has 1 aliphatic carbocycles. The summed E-state index contributed by atoms with van der Waals surface area (Å²) in [5.74, 6) is 1.99. The van der Waals surface area contributed by atoms with Crippen LogP contribution >= 0.6 is 0 Å². The second-order valence-corrected chi connectivity index (χ2v) is 5.36. The molecule has 0 spiro atoms. The van der Waals surface area contributed by atoms with Gasteiger partial charge in [0.2, 0.25) is 0 Å². The van der Waals surface area contributed by atoms with Gasteiger partial charge in [0.25, 0.3) is 0 Å². The van der Waals surface area contributed by atoms with Gasteiger partial charge >= 0.3 is 0 Å². The molecule has 16 heavy (non-hydrogen) atoms. The highest BCUT2D eigenvalue weighted by molar-refractivity contribution is 4.70. The van der Waals surface area contributed by atoms with Crippen LogP contribution in [0.2, 0.25) is 0 Å². The Balaban J connectivity index is 1.84. The van der Waals surface area contributed by atoms with E-state index in [1.54, 1.807) is 7.11 Å². The summed E-state index contributed by atoms with van der Waals surface area (Å²) in [5, 5.41) is 3.55. The van der Waals surface area contributed by atoms with Crippen LogP contribution in [0.3, 0.4) is 0 Å². The standard InChI is InChI=1S/C14H29NO/c1-13-5-7-14(8-6-13)9-11-15-10-3-4-12-16-2/h13-15H,3-12H2,1-2H3. The Morgan fingerprint density at radius 2 is 1.81 bits per heavy atom. The number of ether oxygens (including phenoxy) is 1. The quantitative estimate of drug-likeness (QED) is 0.643. The smallest absolute Gasteiger partial charge is 0.0462 e. The van der Waals surface area contributed by atoms with Crippen molar-refractivity contribution >= 4 is 0 Å². The number of unbranched alkanes of at least 4 members (excludes halogenated alkanes) is 1. The lowest BCUT2D eigenvalue weighted by molar-refractivity contribution is 0.192. The average Bonchev–Trinajstić information content (AvgIpc) is 2.30. The molecule has 1 saturated carbocycles. The predicted octanol–water partition coefficient (Wildman–Crippen LogP) is 3.22. The molecule has 0 aromatic rings. The zero-order valence-corrected chi connectivity index (χ0v) is 11.1. The molecule has 0 radical (unpaired) electrons. The lowest BCUT2D eigenvalue weighted by Gasteiger charge is -2.26. The highest BCUT2D eigenvalue weighted by Crippen LogP contribution is 2.29. The maximum atomic E-state index is 5.03. The summed E-state index contributed by atoms with van der Waals surface area (Å²) >= 11 is 0. The summed E-state index contributed by atoms with van der Waals surface area (Å²) in [6.07, 6.45) is 9.66. The Morgan fingerprint density at radius 3 is 2.50 bits per heavy atom. The van der Waals surface area contributed by atoms with Crippen LogP contribution in [0.5, 0.6) is 0 Å². The number of nitrogens with one attached hydrogen (secondary N) is 1. The maximum Gasteiger partial charge on any atom is 0.0462 e. The Hall–Kier alpha value is -0.0800. The minimum Gasteiger partial charge on any atom is -0.385 e. The van der Waals surface area contributed by atoms with Gasteiger partial charge in [0.1, 0.15) is 0 Å². The first-order valence-corrected chi connectivity index (χ1v) is 7.02. The van der Waals surface area contributed by atoms with Gasteiger partial charge in [-0.25, -0.2) is 0 Å². The van der Waals surface area contributed by atoms with E-state index in [9.17, 15) is 0 Å². The van der Waals surface area contributed by atoms with Gasteiger partial charge in [0.05, 0.1) is 0 Å². The van der Waals surface area contributed by atoms with Crippen LogP contribution in [0.1, 0.15) is 51.9 Å². The zero-order chi connectivity index (χ0) is 11.6. The Kier molecular flexibility index (Phi) is 7.87. The monoisotopic (exact) mass is 227 g/mol. The minimum absolute atomic E-state index is 0.905. The summed E-state index contributed by atoms with van der Waals surface area (Å²) in [5.41, 5.74) is 0. The predicted molar refractivity (Wildman–Crippen MR) is 69.7 cm³/mol. The van der Waals surface area contributed by atoms with Crippen molar-refractivity contribution in [2.45, 2.75) is 51.9 Å². The molecule has 0 amide bonds. The molecule has 0 atom stereocenters. The van der Waals surface area contributed by atoms with Crippen molar-refractivity contribution in [2.75, 3.05) is 26.8 Å². The molecule has 0 heterocycles. The van der Waals surface area contributed by atoms with Gasteiger partial charge in [0, 0.05) is 13.7 Å². The topological polar surface area (TPSA) is 21.3 Å². The third-order valence-electron chi connectivity index (χ3n) is 3.82. The van der Waals surface area contributed by atoms with E-state index in [0.717, 1.165) is 25.0 Å². The SMILES string of the molecule is COCCCCNCCC1CCC(C)CC1. The first kappa shape index (κ1) is 14.0. The van der Waals surface area contributed by atoms with Crippen LogP contribution in [0, 0.1) is 11.8 Å². The molecule has 0 unspecified atom stereocenters. The van der Waals surface area contributed by atoms with Crippen molar-refractivity contribution < 1.29 is 4.74 Å². The minimum atomic E-state index is 0.905. The number of hydrogen-bond donors (Lipinski definition) is 1. The first-order chi connectivity index (χ1) is 7.83. The Labute approximate surface area is 101 Å². The van der Waals surface area contributed by atoms with E-state index in [-0.39, 0.29) is 0 Å². The summed E-state index contributed by atoms with van der Waals surface area (Å²) in [7, 11) is 1.78. The zero-order valence-electron chi connectivity index (χ0n) is 11.1. The van der Waals surface area contributed by atoms with Crippen molar-refractivity contribution in [3.05, 3.63) is 0 Å². The molecular weight excluding hydrogens is 198 g/mol. The van der Waals surface area contributed by atoms with Gasteiger partial charge in [0.15, 0.2) is 0 Å². The van der Waals surface area contributed by atoms with Crippen molar-refractivity contribution in [1.82, 2.24) is 5.32 Å². The van der Waals surface area contributed by atoms with Crippen LogP contribution in [0.25, 0.3) is 0 Å². The average molecular weight is 227 g/mol. The van der Waals surface area contributed by atoms with Crippen molar-refractivity contribution in [1.29, 1.82) is 0 Å². The molecule has 96 valence electrons. The fourth-order valence-electron chi connectivity index (χ4n) is 2.55. The van der Waals surface area contributed by atoms with Crippen LogP contribution in [-0.2, 0) is 4.74 Å². The van der Waals surface area contributed by atoms with Gasteiger partial charge in [-0.05, 0) is 44.2 Å². The summed E-state index contributed by atoms with van der Waals surface area (Å²) in [6, 6.07) is 0. The molecule has 1 fully saturated rings. The lowest BCUT2D eigenvalue weighted by atomic mass is 9.81. The molecule has 0 bridgehead atoms. The van der Waals surface area contributed by atoms with Crippen LogP contribution < -0.4 is 5.32 Å². The van der Waals surface area contributed by atoms with E-state index in [0.29, 0.717) is 0 Å². The van der Waals surface area contributed by atoms with Gasteiger partial charge in [-0.2, -0.15) is 0 Å². The number of hydrogen-bond acceptors (Lipinski definition) is 2. The lowest BCUT2D eigenvalue weighted by Crippen LogP contribution is -2.21. The Morgan fingerprint density at radius 1 is 1.06 bits per heavy atom. The molecule has 1 rings (SSSR count). The fourth-order valence-corrected chi connectivity index (χ4v) is 2.55. The van der Waals surface area contributed by atoms with E-state index in [2.05, 4.69) is 12.2 Å². The van der Waals surface area contributed by atoms with E-state index in [1.165, 1.54) is 51.5 Å². The van der Waals surface area contributed by atoms with Crippen molar-refractivity contribution in [3.63, 3.8) is 0 Å². The van der Waals surface area contributed by atoms with Gasteiger partial charge in [-0.1, -0.05) is 32.6 Å². The number of rotatable bonds is 8. The Bertz CT molecular complexity index is 153. The summed E-state index contributed by atoms with van der Waals surface area (Å²) in [6.45, 7) is 5.67. The van der Waals surface area contributed by atoms with Crippen LogP contribution in [0.4, 0.5) is 0 Å². The second kappa shape index (κ2) is 9.00. The number of methoxy groups -OCH3 is 1. The molecule has 0 aromatic carbocycles. The van der Waals surface area contributed by atoms with Crippen molar-refractivity contribution in [3.8, 4) is 0 Å². The molecule has 0 aromatic heterocycles. The van der Waals surface area contributed by atoms with Crippen LogP contribution in [-0.4, -0.2) is 26.8 Å². The normalized spacial score (nSPS) is 25.9. The van der Waals surface area contributed by atoms with Gasteiger partial charge in [-0.15, -0.1) is 0 Å². The molecule has 2 nitrogen and oxygen atoms in total. The largest absolute Gasteiger partial charge is 0.385 e. The van der Waals surface area contributed by atoms with Crippen molar-refractivity contribution in [2.24, 2.45) is 11.8 Å². The van der Waals surface area contributed by atoms with E-state index in [4.69, 9.17) is 4.74 Å². The molecular formula is C14H29NO. The van der Waals surface area contributed by atoms with E-state index < -0.39 is 0 Å². The van der Waals surface area contributed by atoms with E-state index in [1.807, 2.05) is 0 Å². The molecule has 1 aliphatic rings. The third kappa shape index (κ3) is 6.49. The molecule has 0 saturated heterocycles. The summed E-state index contributed by atoms with van der Waals surface area (Å²) in [4.78, 5) is 0.